The van der Waals surface area contributed by atoms with E-state index >= 15 is 0 Å². The Hall–Kier alpha value is -1.42. The summed E-state index contributed by atoms with van der Waals surface area (Å²) in [4.78, 5) is 24.2. The topological polar surface area (TPSA) is 63.6 Å². The Kier molecular flexibility index (Phi) is 2.68. The predicted molar refractivity (Wildman–Crippen MR) is 68.1 cm³/mol. The highest BCUT2D eigenvalue weighted by atomic mass is 16.6. The number of hydrogen-bond donors (Lipinski definition) is 1. The fourth-order valence-corrected chi connectivity index (χ4v) is 3.93. The first-order chi connectivity index (χ1) is 8.99. The third-order valence-electron chi connectivity index (χ3n) is 5.01. The molecule has 0 aromatic carbocycles. The second kappa shape index (κ2) is 4.04. The van der Waals surface area contributed by atoms with Crippen LogP contribution in [0.4, 0.5) is 0 Å². The Balaban J connectivity index is 2.11. The van der Waals surface area contributed by atoms with Gasteiger partial charge in [-0.15, -0.1) is 0 Å². The Morgan fingerprint density at radius 1 is 1.47 bits per heavy atom. The van der Waals surface area contributed by atoms with Crippen molar-refractivity contribution in [2.24, 2.45) is 17.8 Å². The summed E-state index contributed by atoms with van der Waals surface area (Å²) < 4.78 is 5.64. The molecule has 4 nitrogen and oxygen atoms in total. The van der Waals surface area contributed by atoms with Gasteiger partial charge < -0.3 is 9.84 Å². The number of hydrogen-bond acceptors (Lipinski definition) is 4. The molecule has 1 aliphatic heterocycles. The summed E-state index contributed by atoms with van der Waals surface area (Å²) in [6.07, 6.45) is 3.73. The molecule has 0 aromatic heterocycles. The van der Waals surface area contributed by atoms with Crippen molar-refractivity contribution in [3.05, 3.63) is 23.8 Å². The lowest BCUT2D eigenvalue weighted by Crippen LogP contribution is -2.50. The van der Waals surface area contributed by atoms with Crippen molar-refractivity contribution in [1.82, 2.24) is 0 Å². The van der Waals surface area contributed by atoms with Crippen molar-refractivity contribution in [1.29, 1.82) is 0 Å². The Labute approximate surface area is 112 Å². The summed E-state index contributed by atoms with van der Waals surface area (Å²) in [5, 5.41) is 9.58. The van der Waals surface area contributed by atoms with Gasteiger partial charge in [0.05, 0.1) is 5.92 Å². The minimum absolute atomic E-state index is 0.0162. The van der Waals surface area contributed by atoms with Gasteiger partial charge in [-0.25, -0.2) is 4.79 Å². The Morgan fingerprint density at radius 2 is 2.21 bits per heavy atom. The lowest BCUT2D eigenvalue weighted by Gasteiger charge is -2.42. The van der Waals surface area contributed by atoms with Crippen LogP contribution in [0.15, 0.2) is 23.8 Å². The van der Waals surface area contributed by atoms with Crippen LogP contribution in [-0.2, 0) is 14.3 Å². The molecule has 1 saturated carbocycles. The second-order valence-electron chi connectivity index (χ2n) is 5.93. The van der Waals surface area contributed by atoms with E-state index in [1.165, 1.54) is 0 Å². The highest BCUT2D eigenvalue weighted by Crippen LogP contribution is 2.53. The number of carbonyl (C=O) groups excluding carboxylic acids is 2. The highest BCUT2D eigenvalue weighted by molar-refractivity contribution is 5.99. The van der Waals surface area contributed by atoms with Crippen LogP contribution >= 0.6 is 0 Å². The predicted octanol–water partition coefficient (Wildman–Crippen LogP) is 1.39. The number of aliphatic hydroxyl groups is 1. The number of allylic oxidation sites excluding steroid dienone is 1. The maximum Gasteiger partial charge on any atom is 0.334 e. The lowest BCUT2D eigenvalue weighted by atomic mass is 9.73. The molecule has 4 heteroatoms. The maximum atomic E-state index is 12.2. The first-order valence-electron chi connectivity index (χ1n) is 6.75. The average molecular weight is 262 g/mol. The molecular weight excluding hydrogens is 244 g/mol. The van der Waals surface area contributed by atoms with Crippen LogP contribution in [0.3, 0.4) is 0 Å². The van der Waals surface area contributed by atoms with Crippen LogP contribution < -0.4 is 0 Å². The number of aliphatic hydroxyl groups excluding tert-OH is 1. The van der Waals surface area contributed by atoms with Crippen molar-refractivity contribution in [2.75, 3.05) is 6.61 Å². The SMILES string of the molecule is C=C1C(=O)OC23C[C@H]1CCC(CO)C2C(=O)C=C3C. The minimum Gasteiger partial charge on any atom is -0.450 e. The Morgan fingerprint density at radius 3 is 2.89 bits per heavy atom. The van der Waals surface area contributed by atoms with Crippen molar-refractivity contribution >= 4 is 11.8 Å². The smallest absolute Gasteiger partial charge is 0.334 e. The minimum atomic E-state index is -0.829. The fourth-order valence-electron chi connectivity index (χ4n) is 3.93. The standard InChI is InChI=1S/C15H18O4/c1-8-5-12(17)13-11(7-16)4-3-10-6-15(8,13)19-14(18)9(10)2/h5,10-11,13,16H,2-4,6-7H2,1H3/t10-,11?,13?,15?/m1/s1. The quantitative estimate of drug-likeness (QED) is 0.573. The second-order valence-corrected chi connectivity index (χ2v) is 5.93. The van der Waals surface area contributed by atoms with E-state index in [2.05, 4.69) is 6.58 Å². The molecule has 2 fully saturated rings. The average Bonchev–Trinajstić information content (AvgIpc) is 2.54. The van der Waals surface area contributed by atoms with E-state index in [-0.39, 0.29) is 30.2 Å². The van der Waals surface area contributed by atoms with Crippen molar-refractivity contribution in [3.8, 4) is 0 Å². The van der Waals surface area contributed by atoms with Gasteiger partial charge in [0.2, 0.25) is 0 Å². The van der Waals surface area contributed by atoms with Gasteiger partial charge in [0.25, 0.3) is 0 Å². The molecule has 1 spiro atoms. The summed E-state index contributed by atoms with van der Waals surface area (Å²) in [6.45, 7) is 5.62. The zero-order chi connectivity index (χ0) is 13.8. The molecule has 0 amide bonds. The van der Waals surface area contributed by atoms with Gasteiger partial charge in [-0.05, 0) is 49.7 Å². The maximum absolute atomic E-state index is 12.2. The first kappa shape index (κ1) is 12.6. The van der Waals surface area contributed by atoms with E-state index in [0.717, 1.165) is 18.4 Å². The molecule has 1 N–H and O–H groups in total. The van der Waals surface area contributed by atoms with Gasteiger partial charge in [-0.3, -0.25) is 4.79 Å². The first-order valence-corrected chi connectivity index (χ1v) is 6.75. The van der Waals surface area contributed by atoms with Crippen molar-refractivity contribution in [3.63, 3.8) is 0 Å². The third kappa shape index (κ3) is 1.56. The number of carbonyl (C=O) groups is 2. The van der Waals surface area contributed by atoms with E-state index < -0.39 is 11.5 Å². The third-order valence-corrected chi connectivity index (χ3v) is 5.01. The monoisotopic (exact) mass is 262 g/mol. The summed E-state index contributed by atoms with van der Waals surface area (Å²) in [7, 11) is 0. The number of fused-ring (bicyclic) bond motifs is 1. The lowest BCUT2D eigenvalue weighted by molar-refractivity contribution is -0.166. The van der Waals surface area contributed by atoms with Crippen LogP contribution in [0.5, 0.6) is 0 Å². The van der Waals surface area contributed by atoms with Gasteiger partial charge >= 0.3 is 5.97 Å². The number of ether oxygens (including phenoxy) is 1. The molecule has 3 aliphatic rings. The highest BCUT2D eigenvalue weighted by Gasteiger charge is 2.59. The van der Waals surface area contributed by atoms with E-state index in [9.17, 15) is 14.7 Å². The van der Waals surface area contributed by atoms with Crippen LogP contribution in [0.1, 0.15) is 26.2 Å². The summed E-state index contributed by atoms with van der Waals surface area (Å²) in [5.41, 5.74) is 0.494. The summed E-state index contributed by atoms with van der Waals surface area (Å²) in [5.74, 6) is -0.890. The van der Waals surface area contributed by atoms with Gasteiger partial charge in [0.15, 0.2) is 5.78 Å². The largest absolute Gasteiger partial charge is 0.450 e. The van der Waals surface area contributed by atoms with Crippen LogP contribution in [0.25, 0.3) is 0 Å². The molecule has 0 radical (unpaired) electrons. The molecule has 1 heterocycles. The van der Waals surface area contributed by atoms with E-state index in [4.69, 9.17) is 4.74 Å². The molecule has 102 valence electrons. The molecule has 3 unspecified atom stereocenters. The van der Waals surface area contributed by atoms with Crippen LogP contribution in [-0.4, -0.2) is 29.1 Å². The van der Waals surface area contributed by atoms with Crippen LogP contribution in [0, 0.1) is 17.8 Å². The van der Waals surface area contributed by atoms with Gasteiger partial charge in [0.1, 0.15) is 5.60 Å². The molecule has 0 aromatic rings. The van der Waals surface area contributed by atoms with Crippen LogP contribution in [0.2, 0.25) is 0 Å². The normalized spacial score (nSPS) is 41.5. The number of ketones is 1. The molecule has 2 bridgehead atoms. The number of esters is 1. The molecule has 2 aliphatic carbocycles. The van der Waals surface area contributed by atoms with E-state index in [1.54, 1.807) is 6.08 Å². The molecule has 19 heavy (non-hydrogen) atoms. The van der Waals surface area contributed by atoms with Gasteiger partial charge in [-0.2, -0.15) is 0 Å². The zero-order valence-corrected chi connectivity index (χ0v) is 11.0. The van der Waals surface area contributed by atoms with E-state index in [0.29, 0.717) is 12.0 Å². The van der Waals surface area contributed by atoms with Crippen molar-refractivity contribution in [2.45, 2.75) is 31.8 Å². The Bertz CT molecular complexity index is 504. The molecule has 3 rings (SSSR count). The fraction of sp³-hybridized carbons (Fsp3) is 0.600. The van der Waals surface area contributed by atoms with E-state index in [1.807, 2.05) is 6.92 Å². The van der Waals surface area contributed by atoms with Gasteiger partial charge in [-0.1, -0.05) is 6.58 Å². The van der Waals surface area contributed by atoms with Gasteiger partial charge in [0, 0.05) is 12.2 Å². The zero-order valence-electron chi connectivity index (χ0n) is 11.0. The summed E-state index contributed by atoms with van der Waals surface area (Å²) in [6, 6.07) is 0. The number of rotatable bonds is 1. The van der Waals surface area contributed by atoms with Crippen molar-refractivity contribution < 1.29 is 19.4 Å². The molecular formula is C15H18O4. The summed E-state index contributed by atoms with van der Waals surface area (Å²) >= 11 is 0. The molecule has 4 atom stereocenters. The molecule has 1 saturated heterocycles.